The van der Waals surface area contributed by atoms with E-state index in [0.717, 1.165) is 0 Å². The molecule has 0 N–H and O–H groups in total. The molecule has 0 spiro atoms. The van der Waals surface area contributed by atoms with Gasteiger partial charge in [-0.25, -0.2) is 4.79 Å². The Hall–Kier alpha value is -0.643. The molecule has 0 rings (SSSR count). The minimum atomic E-state index is -4.99. The molecule has 5 nitrogen and oxygen atoms in total. The van der Waals surface area contributed by atoms with Crippen molar-refractivity contribution >= 4 is 14.8 Å². The second kappa shape index (κ2) is 6.18. The highest BCUT2D eigenvalue weighted by atomic mass is 28.4. The van der Waals surface area contributed by atoms with Crippen molar-refractivity contribution in [3.63, 3.8) is 0 Å². The fourth-order valence-electron chi connectivity index (χ4n) is 0.907. The number of esters is 1. The first-order valence-corrected chi connectivity index (χ1v) is 6.14. The van der Waals surface area contributed by atoms with Crippen LogP contribution in [0.4, 0.5) is 13.2 Å². The maximum Gasteiger partial charge on any atom is 0.503 e. The highest BCUT2D eigenvalue weighted by Gasteiger charge is 2.43. The number of hydrogen-bond donors (Lipinski definition) is 0. The van der Waals surface area contributed by atoms with Crippen LogP contribution in [0.2, 0.25) is 6.04 Å². The molecule has 16 heavy (non-hydrogen) atoms. The van der Waals surface area contributed by atoms with Gasteiger partial charge < -0.3 is 18.0 Å². The number of alkyl halides is 3. The number of halogens is 3. The molecular formula is C7H13F3O5Si. The van der Waals surface area contributed by atoms with Gasteiger partial charge in [0.25, 0.3) is 0 Å². The standard InChI is InChI=1S/C7H13F3O5Si/c1-12-16(13-2,14-3)5-4-15-6(11)7(8,9)10/h4-5H2,1-3H3. The van der Waals surface area contributed by atoms with Crippen LogP contribution in [0, 0.1) is 0 Å². The number of ether oxygens (including phenoxy) is 1. The quantitative estimate of drug-likeness (QED) is 0.527. The molecule has 0 aliphatic heterocycles. The van der Waals surface area contributed by atoms with Gasteiger partial charge in [-0.05, 0) is 0 Å². The fourth-order valence-corrected chi connectivity index (χ4v) is 2.37. The predicted molar refractivity (Wildman–Crippen MR) is 48.6 cm³/mol. The van der Waals surface area contributed by atoms with Crippen LogP contribution >= 0.6 is 0 Å². The first-order chi connectivity index (χ1) is 7.31. The summed E-state index contributed by atoms with van der Waals surface area (Å²) >= 11 is 0. The summed E-state index contributed by atoms with van der Waals surface area (Å²) in [6.45, 7) is -0.472. The lowest BCUT2D eigenvalue weighted by molar-refractivity contribution is -0.199. The fraction of sp³-hybridized carbons (Fsp3) is 0.857. The highest BCUT2D eigenvalue weighted by molar-refractivity contribution is 6.60. The van der Waals surface area contributed by atoms with Crippen LogP contribution in [-0.2, 0) is 22.8 Å². The topological polar surface area (TPSA) is 54.0 Å². The van der Waals surface area contributed by atoms with Gasteiger partial charge in [-0.2, -0.15) is 13.2 Å². The number of rotatable bonds is 6. The van der Waals surface area contributed by atoms with Gasteiger partial charge >= 0.3 is 21.0 Å². The molecule has 0 aromatic carbocycles. The molecule has 0 aliphatic carbocycles. The second-order valence-electron chi connectivity index (χ2n) is 2.68. The molecule has 0 aromatic rings. The van der Waals surface area contributed by atoms with Crippen molar-refractivity contribution in [1.29, 1.82) is 0 Å². The zero-order valence-electron chi connectivity index (χ0n) is 9.09. The lowest BCUT2D eigenvalue weighted by atomic mass is 10.6. The SMILES string of the molecule is CO[Si](CCOC(=O)C(F)(F)F)(OC)OC. The summed E-state index contributed by atoms with van der Waals surface area (Å²) < 4.78 is 54.0. The Morgan fingerprint density at radius 3 is 1.88 bits per heavy atom. The molecule has 0 atom stereocenters. The molecule has 0 aromatic heterocycles. The molecule has 96 valence electrons. The van der Waals surface area contributed by atoms with Crippen molar-refractivity contribution in [3.05, 3.63) is 0 Å². The first-order valence-electron chi connectivity index (χ1n) is 4.20. The minimum Gasteiger partial charge on any atom is -0.459 e. The summed E-state index contributed by atoms with van der Waals surface area (Å²) in [5, 5.41) is 0. The van der Waals surface area contributed by atoms with Crippen molar-refractivity contribution in [2.45, 2.75) is 12.2 Å². The summed E-state index contributed by atoms with van der Waals surface area (Å²) in [5.74, 6) is -2.24. The summed E-state index contributed by atoms with van der Waals surface area (Å²) in [5.41, 5.74) is 0. The van der Waals surface area contributed by atoms with Crippen molar-refractivity contribution < 1.29 is 36.0 Å². The molecular weight excluding hydrogens is 249 g/mol. The normalized spacial score (nSPS) is 12.6. The average Bonchev–Trinajstić information content (AvgIpc) is 2.23. The zero-order valence-corrected chi connectivity index (χ0v) is 10.1. The van der Waals surface area contributed by atoms with Crippen LogP contribution in [0.3, 0.4) is 0 Å². The smallest absolute Gasteiger partial charge is 0.459 e. The Balaban J connectivity index is 4.11. The van der Waals surface area contributed by atoms with E-state index in [1.165, 1.54) is 21.3 Å². The molecule has 0 unspecified atom stereocenters. The van der Waals surface area contributed by atoms with Gasteiger partial charge in [0.15, 0.2) is 0 Å². The Morgan fingerprint density at radius 2 is 1.56 bits per heavy atom. The van der Waals surface area contributed by atoms with Crippen molar-refractivity contribution in [3.8, 4) is 0 Å². The van der Waals surface area contributed by atoms with Crippen LogP contribution < -0.4 is 0 Å². The largest absolute Gasteiger partial charge is 0.503 e. The maximum atomic E-state index is 11.8. The minimum absolute atomic E-state index is 0.0433. The molecule has 0 bridgehead atoms. The summed E-state index contributed by atoms with van der Waals surface area (Å²) in [7, 11) is 0.943. The monoisotopic (exact) mass is 262 g/mol. The lowest BCUT2D eigenvalue weighted by Gasteiger charge is -2.23. The third-order valence-corrected chi connectivity index (χ3v) is 4.49. The Kier molecular flexibility index (Phi) is 5.93. The Morgan fingerprint density at radius 1 is 1.12 bits per heavy atom. The van der Waals surface area contributed by atoms with E-state index in [2.05, 4.69) is 4.74 Å². The van der Waals surface area contributed by atoms with Gasteiger partial charge in [0.2, 0.25) is 0 Å². The highest BCUT2D eigenvalue weighted by Crippen LogP contribution is 2.18. The second-order valence-corrected chi connectivity index (χ2v) is 5.77. The van der Waals surface area contributed by atoms with Gasteiger partial charge in [-0.1, -0.05) is 0 Å². The average molecular weight is 262 g/mol. The summed E-state index contributed by atoms with van der Waals surface area (Å²) in [4.78, 5) is 10.4. The Labute approximate surface area is 91.8 Å². The molecule has 0 saturated heterocycles. The first kappa shape index (κ1) is 15.4. The predicted octanol–water partition coefficient (Wildman–Crippen LogP) is 0.970. The van der Waals surface area contributed by atoms with E-state index in [9.17, 15) is 18.0 Å². The maximum absolute atomic E-state index is 11.8. The van der Waals surface area contributed by atoms with Crippen LogP contribution in [-0.4, -0.2) is 48.9 Å². The van der Waals surface area contributed by atoms with E-state index in [0.29, 0.717) is 0 Å². The number of carbonyl (C=O) groups is 1. The van der Waals surface area contributed by atoms with Crippen molar-refractivity contribution in [1.82, 2.24) is 0 Å². The van der Waals surface area contributed by atoms with E-state index in [4.69, 9.17) is 13.3 Å². The van der Waals surface area contributed by atoms with Gasteiger partial charge in [0.05, 0.1) is 12.7 Å². The van der Waals surface area contributed by atoms with Gasteiger partial charge in [-0.3, -0.25) is 0 Å². The van der Waals surface area contributed by atoms with Gasteiger partial charge in [0, 0.05) is 21.3 Å². The Bertz CT molecular complexity index is 220. The van der Waals surface area contributed by atoms with Crippen LogP contribution in [0.25, 0.3) is 0 Å². The molecule has 0 fully saturated rings. The van der Waals surface area contributed by atoms with Crippen molar-refractivity contribution in [2.75, 3.05) is 27.9 Å². The third-order valence-electron chi connectivity index (χ3n) is 1.81. The van der Waals surface area contributed by atoms with Crippen molar-refractivity contribution in [2.24, 2.45) is 0 Å². The van der Waals surface area contributed by atoms with Gasteiger partial charge in [0.1, 0.15) is 0 Å². The summed E-state index contributed by atoms with van der Waals surface area (Å²) in [6.07, 6.45) is -4.99. The van der Waals surface area contributed by atoms with E-state index in [1.807, 2.05) is 0 Å². The molecule has 0 heterocycles. The van der Waals surface area contributed by atoms with Crippen LogP contribution in [0.1, 0.15) is 0 Å². The van der Waals surface area contributed by atoms with E-state index < -0.39 is 27.6 Å². The number of carbonyl (C=O) groups excluding carboxylic acids is 1. The molecule has 0 amide bonds. The third kappa shape index (κ3) is 4.47. The van der Waals surface area contributed by atoms with Crippen LogP contribution in [0.5, 0.6) is 0 Å². The molecule has 0 aliphatic rings. The molecule has 0 saturated carbocycles. The molecule has 0 radical (unpaired) electrons. The zero-order chi connectivity index (χ0) is 12.8. The van der Waals surface area contributed by atoms with E-state index in [-0.39, 0.29) is 6.04 Å². The van der Waals surface area contributed by atoms with E-state index >= 15 is 0 Å². The van der Waals surface area contributed by atoms with E-state index in [1.54, 1.807) is 0 Å². The number of hydrogen-bond acceptors (Lipinski definition) is 5. The molecule has 9 heteroatoms. The van der Waals surface area contributed by atoms with Crippen LogP contribution in [0.15, 0.2) is 0 Å². The summed E-state index contributed by atoms with van der Waals surface area (Å²) in [6, 6.07) is -0.0433. The lowest BCUT2D eigenvalue weighted by Crippen LogP contribution is -2.44. The van der Waals surface area contributed by atoms with Gasteiger partial charge in [-0.15, -0.1) is 0 Å².